The number of carbonyl (C=O) groups is 2. The average molecular weight is 428 g/mol. The van der Waals surface area contributed by atoms with E-state index in [2.05, 4.69) is 15.1 Å². The van der Waals surface area contributed by atoms with Crippen LogP contribution in [0.1, 0.15) is 67.3 Å². The van der Waals surface area contributed by atoms with Crippen LogP contribution < -0.4 is 5.32 Å². The number of benzene rings is 1. The normalized spacial score (nSPS) is 26.7. The van der Waals surface area contributed by atoms with Gasteiger partial charge < -0.3 is 19.9 Å². The van der Waals surface area contributed by atoms with Crippen LogP contribution >= 0.6 is 0 Å². The summed E-state index contributed by atoms with van der Waals surface area (Å²) >= 11 is 0. The molecule has 1 aromatic carbocycles. The number of carbonyl (C=O) groups excluding carboxylic acids is 2. The van der Waals surface area contributed by atoms with Gasteiger partial charge in [0.25, 0.3) is 0 Å². The molecule has 1 aromatic rings. The van der Waals surface area contributed by atoms with Gasteiger partial charge in [-0.2, -0.15) is 0 Å². The van der Waals surface area contributed by atoms with Gasteiger partial charge in [-0.1, -0.05) is 18.6 Å². The molecule has 3 fully saturated rings. The Morgan fingerprint density at radius 1 is 1.10 bits per heavy atom. The van der Waals surface area contributed by atoms with E-state index in [1.54, 1.807) is 12.1 Å². The zero-order valence-corrected chi connectivity index (χ0v) is 18.9. The number of esters is 1. The highest BCUT2D eigenvalue weighted by Gasteiger charge is 2.38. The molecule has 0 spiro atoms. The minimum absolute atomic E-state index is 0.306. The lowest BCUT2D eigenvalue weighted by Crippen LogP contribution is -2.52. The van der Waals surface area contributed by atoms with Crippen LogP contribution in [-0.2, 0) is 16.1 Å². The molecule has 0 aromatic heterocycles. The zero-order valence-electron chi connectivity index (χ0n) is 18.9. The van der Waals surface area contributed by atoms with E-state index in [1.807, 2.05) is 12.1 Å². The second kappa shape index (κ2) is 10.6. The number of methoxy groups -OCH3 is 1. The molecule has 0 saturated carbocycles. The van der Waals surface area contributed by atoms with Crippen LogP contribution in [0.15, 0.2) is 24.3 Å². The van der Waals surface area contributed by atoms with Crippen molar-refractivity contribution in [2.45, 2.75) is 70.0 Å². The molecular weight excluding hydrogens is 390 g/mol. The molecule has 3 atom stereocenters. The predicted molar refractivity (Wildman–Crippen MR) is 121 cm³/mol. The quantitative estimate of drug-likeness (QED) is 0.510. The van der Waals surface area contributed by atoms with Gasteiger partial charge in [0.1, 0.15) is 0 Å². The summed E-state index contributed by atoms with van der Waals surface area (Å²) in [5, 5.41) is 3.51. The second-order valence-electron chi connectivity index (χ2n) is 9.39. The van der Waals surface area contributed by atoms with Gasteiger partial charge in [0.05, 0.1) is 12.7 Å². The number of ether oxygens (including phenoxy) is 1. The molecule has 4 rings (SSSR count). The Kier molecular flexibility index (Phi) is 7.62. The first-order chi connectivity index (χ1) is 15.2. The van der Waals surface area contributed by atoms with Crippen molar-refractivity contribution in [2.75, 3.05) is 33.3 Å². The number of fused-ring (bicyclic) bond motifs is 1. The van der Waals surface area contributed by atoms with Gasteiger partial charge in [0, 0.05) is 31.6 Å². The maximum Gasteiger partial charge on any atom is 0.337 e. The van der Waals surface area contributed by atoms with Crippen molar-refractivity contribution >= 4 is 11.9 Å². The van der Waals surface area contributed by atoms with Gasteiger partial charge >= 0.3 is 5.97 Å². The first kappa shape index (κ1) is 22.3. The molecule has 6 heteroatoms. The summed E-state index contributed by atoms with van der Waals surface area (Å²) in [6.07, 6.45) is 9.27. The van der Waals surface area contributed by atoms with Gasteiger partial charge in [-0.25, -0.2) is 4.79 Å². The summed E-state index contributed by atoms with van der Waals surface area (Å²) < 4.78 is 4.74. The van der Waals surface area contributed by atoms with E-state index in [1.165, 1.54) is 52.3 Å². The molecule has 3 aliphatic heterocycles. The maximum atomic E-state index is 12.6. The van der Waals surface area contributed by atoms with Crippen LogP contribution in [-0.4, -0.2) is 67.0 Å². The van der Waals surface area contributed by atoms with Crippen molar-refractivity contribution in [2.24, 2.45) is 5.92 Å². The zero-order chi connectivity index (χ0) is 21.6. The minimum atomic E-state index is -0.306. The van der Waals surface area contributed by atoms with Crippen LogP contribution in [0.5, 0.6) is 0 Å². The van der Waals surface area contributed by atoms with Crippen molar-refractivity contribution in [3.05, 3.63) is 35.4 Å². The van der Waals surface area contributed by atoms with Gasteiger partial charge in [-0.05, 0) is 81.8 Å². The van der Waals surface area contributed by atoms with E-state index in [-0.39, 0.29) is 5.97 Å². The second-order valence-corrected chi connectivity index (χ2v) is 9.39. The number of rotatable bonds is 8. The SMILES string of the molecule is COC(=O)c1ccc(CNCC[C@H]2CCC(=O)N2C[C@@H]2CCCN3CCCC[C@H]23)cc1. The Balaban J connectivity index is 1.24. The number of nitrogens with one attached hydrogen (secondary N) is 1. The summed E-state index contributed by atoms with van der Waals surface area (Å²) in [6, 6.07) is 8.61. The lowest BCUT2D eigenvalue weighted by Gasteiger charge is -2.46. The molecule has 3 saturated heterocycles. The largest absolute Gasteiger partial charge is 0.465 e. The topological polar surface area (TPSA) is 61.9 Å². The van der Waals surface area contributed by atoms with Gasteiger partial charge in [-0.15, -0.1) is 0 Å². The Morgan fingerprint density at radius 3 is 2.71 bits per heavy atom. The van der Waals surface area contributed by atoms with Crippen molar-refractivity contribution in [3.63, 3.8) is 0 Å². The summed E-state index contributed by atoms with van der Waals surface area (Å²) in [4.78, 5) is 29.1. The summed E-state index contributed by atoms with van der Waals surface area (Å²) in [5.41, 5.74) is 1.72. The number of likely N-dealkylation sites (tertiary alicyclic amines) is 1. The van der Waals surface area contributed by atoms with Gasteiger partial charge in [0.2, 0.25) is 5.91 Å². The van der Waals surface area contributed by atoms with Crippen molar-refractivity contribution < 1.29 is 14.3 Å². The molecule has 0 unspecified atom stereocenters. The van der Waals surface area contributed by atoms with E-state index in [0.29, 0.717) is 35.9 Å². The highest BCUT2D eigenvalue weighted by atomic mass is 16.5. The van der Waals surface area contributed by atoms with Gasteiger partial charge in [-0.3, -0.25) is 4.79 Å². The molecular formula is C25H37N3O3. The molecule has 0 radical (unpaired) electrons. The molecule has 0 bridgehead atoms. The van der Waals surface area contributed by atoms with Crippen LogP contribution in [0, 0.1) is 5.92 Å². The van der Waals surface area contributed by atoms with Gasteiger partial charge in [0.15, 0.2) is 0 Å². The Morgan fingerprint density at radius 2 is 1.90 bits per heavy atom. The fourth-order valence-electron chi connectivity index (χ4n) is 5.76. The summed E-state index contributed by atoms with van der Waals surface area (Å²) in [7, 11) is 1.40. The van der Waals surface area contributed by atoms with E-state index < -0.39 is 0 Å². The smallest absolute Gasteiger partial charge is 0.337 e. The fraction of sp³-hybridized carbons (Fsp3) is 0.680. The third-order valence-electron chi connectivity index (χ3n) is 7.47. The van der Waals surface area contributed by atoms with E-state index >= 15 is 0 Å². The predicted octanol–water partition coefficient (Wildman–Crippen LogP) is 3.21. The van der Waals surface area contributed by atoms with Crippen LogP contribution in [0.2, 0.25) is 0 Å². The highest BCUT2D eigenvalue weighted by molar-refractivity contribution is 5.89. The minimum Gasteiger partial charge on any atom is -0.465 e. The molecule has 31 heavy (non-hydrogen) atoms. The van der Waals surface area contributed by atoms with E-state index in [0.717, 1.165) is 38.0 Å². The van der Waals surface area contributed by atoms with Crippen molar-refractivity contribution in [3.8, 4) is 0 Å². The van der Waals surface area contributed by atoms with Crippen LogP contribution in [0.25, 0.3) is 0 Å². The third-order valence-corrected chi connectivity index (χ3v) is 7.47. The molecule has 3 heterocycles. The van der Waals surface area contributed by atoms with E-state index in [4.69, 9.17) is 4.74 Å². The molecule has 0 aliphatic carbocycles. The molecule has 1 amide bonds. The number of nitrogens with zero attached hydrogens (tertiary/aromatic N) is 2. The Bertz CT molecular complexity index is 749. The lowest BCUT2D eigenvalue weighted by molar-refractivity contribution is -0.130. The number of amides is 1. The maximum absolute atomic E-state index is 12.6. The Labute approximate surface area is 186 Å². The standard InChI is InChI=1S/C25H37N3O3/c1-31-25(30)20-9-7-19(8-10-20)17-26-14-13-22-11-12-24(29)28(22)18-21-5-4-16-27-15-3-2-6-23(21)27/h7-10,21-23,26H,2-6,11-18H2,1H3/t21-,22+,23+/m0/s1. The average Bonchev–Trinajstić information content (AvgIpc) is 3.16. The fourth-order valence-corrected chi connectivity index (χ4v) is 5.76. The Hall–Kier alpha value is -1.92. The third kappa shape index (κ3) is 5.47. The molecule has 6 nitrogen and oxygen atoms in total. The molecule has 170 valence electrons. The van der Waals surface area contributed by atoms with Crippen LogP contribution in [0.4, 0.5) is 0 Å². The number of hydrogen-bond acceptors (Lipinski definition) is 5. The lowest BCUT2D eigenvalue weighted by atomic mass is 9.83. The monoisotopic (exact) mass is 427 g/mol. The van der Waals surface area contributed by atoms with Crippen LogP contribution in [0.3, 0.4) is 0 Å². The highest BCUT2D eigenvalue weighted by Crippen LogP contribution is 2.33. The molecule has 1 N–H and O–H groups in total. The van der Waals surface area contributed by atoms with E-state index in [9.17, 15) is 9.59 Å². The summed E-state index contributed by atoms with van der Waals surface area (Å²) in [5.74, 6) is 0.705. The molecule has 3 aliphatic rings. The summed E-state index contributed by atoms with van der Waals surface area (Å²) in [6.45, 7) is 5.13. The first-order valence-corrected chi connectivity index (χ1v) is 12.1. The van der Waals surface area contributed by atoms with Crippen molar-refractivity contribution in [1.82, 2.24) is 15.1 Å². The number of piperidine rings is 2. The van der Waals surface area contributed by atoms with Crippen molar-refractivity contribution in [1.29, 1.82) is 0 Å². The first-order valence-electron chi connectivity index (χ1n) is 12.1. The number of hydrogen-bond donors (Lipinski definition) is 1.